The second kappa shape index (κ2) is 5.20. The van der Waals surface area contributed by atoms with Crippen molar-refractivity contribution in [3.63, 3.8) is 0 Å². The molecule has 1 aromatic heterocycles. The molecule has 104 valence electrons. The summed E-state index contributed by atoms with van der Waals surface area (Å²) in [7, 11) is 0. The number of fused-ring (bicyclic) bond motifs is 1. The van der Waals surface area contributed by atoms with Crippen LogP contribution in [0.1, 0.15) is 10.4 Å². The number of anilines is 2. The summed E-state index contributed by atoms with van der Waals surface area (Å²) in [4.78, 5) is 15.2. The third-order valence-corrected chi connectivity index (χ3v) is 3.15. The van der Waals surface area contributed by atoms with E-state index in [2.05, 4.69) is 10.3 Å². The molecule has 21 heavy (non-hydrogen) atoms. The molecule has 4 nitrogen and oxygen atoms in total. The summed E-state index contributed by atoms with van der Waals surface area (Å²) in [6, 6.07) is 12.9. The number of halogens is 1. The van der Waals surface area contributed by atoms with Gasteiger partial charge in [0.15, 0.2) is 0 Å². The Kier molecular flexibility index (Phi) is 3.23. The molecule has 3 aromatic rings. The van der Waals surface area contributed by atoms with Gasteiger partial charge in [-0.15, -0.1) is 0 Å². The molecule has 1 heterocycles. The van der Waals surface area contributed by atoms with Crippen LogP contribution >= 0.6 is 0 Å². The molecule has 0 unspecified atom stereocenters. The molecule has 0 aliphatic carbocycles. The van der Waals surface area contributed by atoms with E-state index in [0.717, 1.165) is 0 Å². The van der Waals surface area contributed by atoms with E-state index in [-0.39, 0.29) is 11.1 Å². The minimum absolute atomic E-state index is 0.152. The van der Waals surface area contributed by atoms with E-state index in [1.807, 2.05) is 0 Å². The number of nitrogens with zero attached hydrogens (tertiary/aromatic N) is 1. The lowest BCUT2D eigenvalue weighted by Crippen LogP contribution is -2.02. The number of hydrogen-bond acceptors (Lipinski definition) is 3. The number of para-hydroxylation sites is 2. The topological polar surface area (TPSA) is 62.2 Å². The average molecular weight is 282 g/mol. The number of carboxylic acid groups (broad SMARTS) is 1. The van der Waals surface area contributed by atoms with E-state index in [0.29, 0.717) is 16.8 Å². The predicted octanol–water partition coefficient (Wildman–Crippen LogP) is 3.82. The van der Waals surface area contributed by atoms with E-state index in [4.69, 9.17) is 0 Å². The van der Waals surface area contributed by atoms with Crippen molar-refractivity contribution < 1.29 is 14.3 Å². The minimum Gasteiger partial charge on any atom is -0.478 e. The van der Waals surface area contributed by atoms with Gasteiger partial charge in [0, 0.05) is 17.3 Å². The zero-order chi connectivity index (χ0) is 14.8. The third-order valence-electron chi connectivity index (χ3n) is 3.15. The Hall–Kier alpha value is -2.95. The number of benzene rings is 2. The molecule has 0 bridgehead atoms. The van der Waals surface area contributed by atoms with Gasteiger partial charge in [-0.1, -0.05) is 24.3 Å². The van der Waals surface area contributed by atoms with Crippen LogP contribution in [0.25, 0.3) is 10.9 Å². The summed E-state index contributed by atoms with van der Waals surface area (Å²) in [5.41, 5.74) is 1.45. The number of carbonyl (C=O) groups is 1. The summed E-state index contributed by atoms with van der Waals surface area (Å²) < 4.78 is 13.7. The van der Waals surface area contributed by atoms with Crippen LogP contribution in [0.5, 0.6) is 0 Å². The van der Waals surface area contributed by atoms with Gasteiger partial charge in [0.2, 0.25) is 0 Å². The molecular weight excluding hydrogens is 271 g/mol. The van der Waals surface area contributed by atoms with Crippen LogP contribution in [0.2, 0.25) is 0 Å². The highest BCUT2D eigenvalue weighted by atomic mass is 19.1. The highest BCUT2D eigenvalue weighted by molar-refractivity contribution is 5.98. The van der Waals surface area contributed by atoms with E-state index in [9.17, 15) is 14.3 Å². The van der Waals surface area contributed by atoms with E-state index in [1.54, 1.807) is 36.4 Å². The van der Waals surface area contributed by atoms with Crippen LogP contribution in [-0.2, 0) is 0 Å². The van der Waals surface area contributed by atoms with Gasteiger partial charge < -0.3 is 10.4 Å². The molecule has 0 aliphatic heterocycles. The maximum atomic E-state index is 13.7. The lowest BCUT2D eigenvalue weighted by atomic mass is 10.1. The number of carboxylic acids is 1. The summed E-state index contributed by atoms with van der Waals surface area (Å²) in [6.45, 7) is 0. The number of aromatic nitrogens is 1. The van der Waals surface area contributed by atoms with Gasteiger partial charge in [-0.25, -0.2) is 9.18 Å². The molecule has 2 N–H and O–H groups in total. The highest BCUT2D eigenvalue weighted by Crippen LogP contribution is 2.27. The van der Waals surface area contributed by atoms with Crippen LogP contribution in [0.4, 0.5) is 15.8 Å². The second-order valence-electron chi connectivity index (χ2n) is 4.47. The van der Waals surface area contributed by atoms with Gasteiger partial charge in [0.05, 0.1) is 11.3 Å². The van der Waals surface area contributed by atoms with Crippen molar-refractivity contribution in [2.75, 3.05) is 5.32 Å². The Morgan fingerprint density at radius 2 is 1.86 bits per heavy atom. The number of nitrogens with one attached hydrogen (secondary N) is 1. The molecule has 0 spiro atoms. The van der Waals surface area contributed by atoms with Crippen molar-refractivity contribution >= 4 is 28.2 Å². The van der Waals surface area contributed by atoms with E-state index < -0.39 is 11.8 Å². The lowest BCUT2D eigenvalue weighted by Gasteiger charge is -2.11. The normalized spacial score (nSPS) is 10.5. The van der Waals surface area contributed by atoms with Crippen LogP contribution < -0.4 is 5.32 Å². The Bertz CT molecular complexity index is 833. The molecule has 0 fully saturated rings. The average Bonchev–Trinajstić information content (AvgIpc) is 2.49. The van der Waals surface area contributed by atoms with E-state index in [1.165, 1.54) is 18.3 Å². The SMILES string of the molecule is O=C(O)c1ccccc1Nc1ccnc2c(F)cccc12. The van der Waals surface area contributed by atoms with Gasteiger partial charge in [0.25, 0.3) is 0 Å². The van der Waals surface area contributed by atoms with Gasteiger partial charge in [-0.05, 0) is 24.3 Å². The summed E-state index contributed by atoms with van der Waals surface area (Å²) >= 11 is 0. The zero-order valence-corrected chi connectivity index (χ0v) is 10.9. The number of pyridine rings is 1. The van der Waals surface area contributed by atoms with Gasteiger partial charge in [0.1, 0.15) is 11.3 Å². The molecule has 0 saturated carbocycles. The number of rotatable bonds is 3. The molecule has 3 rings (SSSR count). The Balaban J connectivity index is 2.11. The molecule has 0 atom stereocenters. The first-order chi connectivity index (χ1) is 10.2. The Morgan fingerprint density at radius 1 is 1.05 bits per heavy atom. The number of hydrogen-bond donors (Lipinski definition) is 2. The lowest BCUT2D eigenvalue weighted by molar-refractivity contribution is 0.0698. The third kappa shape index (κ3) is 2.41. The first-order valence-corrected chi connectivity index (χ1v) is 6.29. The first kappa shape index (κ1) is 13.1. The zero-order valence-electron chi connectivity index (χ0n) is 10.9. The number of aromatic carboxylic acids is 1. The van der Waals surface area contributed by atoms with Gasteiger partial charge in [-0.3, -0.25) is 4.98 Å². The van der Waals surface area contributed by atoms with Crippen LogP contribution in [0, 0.1) is 5.82 Å². The molecule has 0 saturated heterocycles. The van der Waals surface area contributed by atoms with Crippen molar-refractivity contribution in [3.8, 4) is 0 Å². The quantitative estimate of drug-likeness (QED) is 0.766. The summed E-state index contributed by atoms with van der Waals surface area (Å²) in [6.07, 6.45) is 1.48. The molecular formula is C16H11FN2O2. The predicted molar refractivity (Wildman–Crippen MR) is 78.4 cm³/mol. The summed E-state index contributed by atoms with van der Waals surface area (Å²) in [5.74, 6) is -1.44. The van der Waals surface area contributed by atoms with Crippen LogP contribution in [0.3, 0.4) is 0 Å². The fourth-order valence-electron chi connectivity index (χ4n) is 2.17. The van der Waals surface area contributed by atoms with Crippen molar-refractivity contribution in [2.24, 2.45) is 0 Å². The smallest absolute Gasteiger partial charge is 0.337 e. The standard InChI is InChI=1S/C16H11FN2O2/c17-12-6-3-5-10-14(8-9-18-15(10)12)19-13-7-2-1-4-11(13)16(20)21/h1-9H,(H,18,19)(H,20,21). The Morgan fingerprint density at radius 3 is 2.67 bits per heavy atom. The van der Waals surface area contributed by atoms with E-state index >= 15 is 0 Å². The van der Waals surface area contributed by atoms with Crippen molar-refractivity contribution in [3.05, 3.63) is 66.1 Å². The molecule has 0 amide bonds. The van der Waals surface area contributed by atoms with Crippen molar-refractivity contribution in [1.82, 2.24) is 4.98 Å². The molecule has 2 aromatic carbocycles. The molecule has 5 heteroatoms. The van der Waals surface area contributed by atoms with Gasteiger partial charge in [-0.2, -0.15) is 0 Å². The maximum Gasteiger partial charge on any atom is 0.337 e. The fourth-order valence-corrected chi connectivity index (χ4v) is 2.17. The maximum absolute atomic E-state index is 13.7. The largest absolute Gasteiger partial charge is 0.478 e. The van der Waals surface area contributed by atoms with Crippen LogP contribution in [0.15, 0.2) is 54.7 Å². The second-order valence-corrected chi connectivity index (χ2v) is 4.47. The van der Waals surface area contributed by atoms with Crippen LogP contribution in [-0.4, -0.2) is 16.1 Å². The highest BCUT2D eigenvalue weighted by Gasteiger charge is 2.11. The summed E-state index contributed by atoms with van der Waals surface area (Å²) in [5, 5.41) is 12.8. The minimum atomic E-state index is -1.03. The van der Waals surface area contributed by atoms with Crippen molar-refractivity contribution in [1.29, 1.82) is 0 Å². The fraction of sp³-hybridized carbons (Fsp3) is 0. The molecule has 0 radical (unpaired) electrons. The first-order valence-electron chi connectivity index (χ1n) is 6.29. The Labute approximate surface area is 119 Å². The van der Waals surface area contributed by atoms with Crippen molar-refractivity contribution in [2.45, 2.75) is 0 Å². The van der Waals surface area contributed by atoms with Gasteiger partial charge >= 0.3 is 5.97 Å². The monoisotopic (exact) mass is 282 g/mol. The molecule has 0 aliphatic rings.